The molecule has 0 bridgehead atoms. The van der Waals surface area contributed by atoms with Crippen molar-refractivity contribution < 1.29 is 27.5 Å². The van der Waals surface area contributed by atoms with Crippen LogP contribution in [0.3, 0.4) is 0 Å². The summed E-state index contributed by atoms with van der Waals surface area (Å²) in [5, 5.41) is 1.56. The van der Waals surface area contributed by atoms with E-state index in [0.717, 1.165) is 24.2 Å². The molecule has 0 saturated carbocycles. The van der Waals surface area contributed by atoms with Crippen molar-refractivity contribution in [3.63, 3.8) is 0 Å². The monoisotopic (exact) mass is 464 g/mol. The zero-order valence-corrected chi connectivity index (χ0v) is 18.6. The first-order valence-corrected chi connectivity index (χ1v) is 12.5. The molecule has 4 rings (SSSR count). The number of carbonyl (C=O) groups is 2. The molecule has 3 heterocycles. The van der Waals surface area contributed by atoms with Crippen LogP contribution in [0.25, 0.3) is 0 Å². The molecule has 1 amide bonds. The summed E-state index contributed by atoms with van der Waals surface area (Å²) in [6.07, 6.45) is 0.442. The highest BCUT2D eigenvalue weighted by molar-refractivity contribution is 7.89. The molecule has 0 radical (unpaired) electrons. The Hall–Kier alpha value is -2.27. The number of benzene rings is 1. The molecular formula is C21H24N2O6S2. The summed E-state index contributed by atoms with van der Waals surface area (Å²) < 4.78 is 38.3. The number of hydrogen-bond acceptors (Lipinski definition) is 7. The molecule has 0 unspecified atom stereocenters. The average molecular weight is 465 g/mol. The first kappa shape index (κ1) is 21.9. The number of amides is 1. The normalized spacial score (nSPS) is 18.6. The van der Waals surface area contributed by atoms with E-state index in [0.29, 0.717) is 45.0 Å². The highest BCUT2D eigenvalue weighted by Gasteiger charge is 2.35. The number of morpholine rings is 1. The Kier molecular flexibility index (Phi) is 6.71. The number of rotatable bonds is 6. The molecule has 1 aromatic carbocycles. The van der Waals surface area contributed by atoms with Crippen molar-refractivity contribution in [1.29, 1.82) is 0 Å². The fourth-order valence-corrected chi connectivity index (χ4v) is 6.51. The van der Waals surface area contributed by atoms with Crippen LogP contribution in [0.2, 0.25) is 0 Å². The van der Waals surface area contributed by atoms with Crippen LogP contribution in [0.15, 0.2) is 46.7 Å². The van der Waals surface area contributed by atoms with Crippen LogP contribution >= 0.6 is 11.3 Å². The zero-order valence-electron chi connectivity index (χ0n) is 16.9. The van der Waals surface area contributed by atoms with Crippen molar-refractivity contribution >= 4 is 33.2 Å². The maximum atomic E-state index is 13.2. The summed E-state index contributed by atoms with van der Waals surface area (Å²) in [5.41, 5.74) is 0.535. The summed E-state index contributed by atoms with van der Waals surface area (Å²) >= 11 is 1.00. The van der Waals surface area contributed by atoms with Gasteiger partial charge in [-0.1, -0.05) is 30.3 Å². The van der Waals surface area contributed by atoms with Gasteiger partial charge in [-0.15, -0.1) is 11.3 Å². The van der Waals surface area contributed by atoms with Crippen molar-refractivity contribution in [3.05, 3.63) is 52.2 Å². The predicted octanol–water partition coefficient (Wildman–Crippen LogP) is 2.29. The smallest absolute Gasteiger partial charge is 0.350 e. The summed E-state index contributed by atoms with van der Waals surface area (Å²) in [4.78, 5) is 27.8. The largest absolute Gasteiger partial charge is 0.443 e. The number of thiophene rings is 1. The maximum absolute atomic E-state index is 13.2. The van der Waals surface area contributed by atoms with Crippen LogP contribution < -0.4 is 0 Å². The lowest BCUT2D eigenvalue weighted by Crippen LogP contribution is -2.44. The molecule has 0 spiro atoms. The van der Waals surface area contributed by atoms with Crippen molar-refractivity contribution in [2.24, 2.45) is 0 Å². The summed E-state index contributed by atoms with van der Waals surface area (Å²) in [6, 6.07) is 10.2. The quantitative estimate of drug-likeness (QED) is 0.609. The van der Waals surface area contributed by atoms with Crippen molar-refractivity contribution in [2.75, 3.05) is 39.4 Å². The second kappa shape index (κ2) is 9.47. The predicted molar refractivity (Wildman–Crippen MR) is 114 cm³/mol. The maximum Gasteiger partial charge on any atom is 0.350 e. The first-order chi connectivity index (χ1) is 15.0. The molecule has 8 nitrogen and oxygen atoms in total. The van der Waals surface area contributed by atoms with E-state index in [1.165, 1.54) is 10.4 Å². The van der Waals surface area contributed by atoms with E-state index in [4.69, 9.17) is 9.47 Å². The molecule has 2 aliphatic rings. The van der Waals surface area contributed by atoms with Crippen LogP contribution in [0, 0.1) is 0 Å². The zero-order chi connectivity index (χ0) is 21.8. The Bertz CT molecular complexity index is 1030. The Morgan fingerprint density at radius 3 is 2.35 bits per heavy atom. The summed E-state index contributed by atoms with van der Waals surface area (Å²) in [5.74, 6) is -1.16. The van der Waals surface area contributed by atoms with E-state index in [9.17, 15) is 18.0 Å². The van der Waals surface area contributed by atoms with Gasteiger partial charge in [-0.25, -0.2) is 13.2 Å². The first-order valence-electron chi connectivity index (χ1n) is 10.2. The molecular weight excluding hydrogens is 440 g/mol. The molecule has 2 saturated heterocycles. The average Bonchev–Trinajstić information content (AvgIpc) is 3.51. The second-order valence-electron chi connectivity index (χ2n) is 7.36. The van der Waals surface area contributed by atoms with E-state index in [-0.39, 0.29) is 15.7 Å². The van der Waals surface area contributed by atoms with Crippen molar-refractivity contribution in [1.82, 2.24) is 9.21 Å². The minimum Gasteiger partial charge on any atom is -0.443 e. The SMILES string of the molecule is O=C(O[C@@H](C(=O)N1CCOCC1)c1ccccc1)c1sccc1S(=O)(=O)N1CCCC1. The minimum absolute atomic E-state index is 0.0115. The van der Waals surface area contributed by atoms with Gasteiger partial charge < -0.3 is 14.4 Å². The van der Waals surface area contributed by atoms with Crippen molar-refractivity contribution in [3.8, 4) is 0 Å². The van der Waals surface area contributed by atoms with Crippen LogP contribution in [-0.4, -0.2) is 68.9 Å². The van der Waals surface area contributed by atoms with Gasteiger partial charge >= 0.3 is 5.97 Å². The lowest BCUT2D eigenvalue weighted by molar-refractivity contribution is -0.145. The summed E-state index contributed by atoms with van der Waals surface area (Å²) in [7, 11) is -3.78. The molecule has 10 heteroatoms. The minimum atomic E-state index is -3.78. The highest BCUT2D eigenvalue weighted by Crippen LogP contribution is 2.30. The van der Waals surface area contributed by atoms with Gasteiger partial charge in [0.1, 0.15) is 9.77 Å². The van der Waals surface area contributed by atoms with Crippen LogP contribution in [-0.2, 0) is 24.3 Å². The van der Waals surface area contributed by atoms with Gasteiger partial charge in [-0.2, -0.15) is 4.31 Å². The van der Waals surface area contributed by atoms with Crippen LogP contribution in [0.5, 0.6) is 0 Å². The van der Waals surface area contributed by atoms with Gasteiger partial charge in [0.25, 0.3) is 5.91 Å². The fourth-order valence-electron chi connectivity index (χ4n) is 3.72. The van der Waals surface area contributed by atoms with E-state index >= 15 is 0 Å². The Morgan fingerprint density at radius 1 is 1.00 bits per heavy atom. The number of hydrogen-bond donors (Lipinski definition) is 0. The number of carbonyl (C=O) groups excluding carboxylic acids is 2. The van der Waals surface area contributed by atoms with Gasteiger partial charge in [0.15, 0.2) is 0 Å². The second-order valence-corrected chi connectivity index (χ2v) is 10.2. The number of nitrogens with zero attached hydrogens (tertiary/aromatic N) is 2. The standard InChI is InChI=1S/C21H24N2O6S2/c24-20(22-11-13-28-14-12-22)18(16-6-2-1-3-7-16)29-21(25)19-17(8-15-30-19)31(26,27)23-9-4-5-10-23/h1-3,6-8,15,18H,4-5,9-14H2/t18-/m1/s1. The Balaban J connectivity index is 1.60. The topological polar surface area (TPSA) is 93.2 Å². The number of sulfonamides is 1. The molecule has 0 aliphatic carbocycles. The number of ether oxygens (including phenoxy) is 2. The van der Waals surface area contributed by atoms with Crippen molar-refractivity contribution in [2.45, 2.75) is 23.8 Å². The third-order valence-electron chi connectivity index (χ3n) is 5.37. The van der Waals surface area contributed by atoms with Gasteiger partial charge in [-0.05, 0) is 24.3 Å². The van der Waals surface area contributed by atoms with Gasteiger partial charge in [0, 0.05) is 31.7 Å². The Morgan fingerprint density at radius 2 is 1.68 bits per heavy atom. The lowest BCUT2D eigenvalue weighted by atomic mass is 10.1. The molecule has 2 aliphatic heterocycles. The molecule has 31 heavy (non-hydrogen) atoms. The molecule has 0 N–H and O–H groups in total. The molecule has 1 aromatic heterocycles. The summed E-state index contributed by atoms with van der Waals surface area (Å²) in [6.45, 7) is 2.54. The van der Waals surface area contributed by atoms with Gasteiger partial charge in [0.2, 0.25) is 16.1 Å². The van der Waals surface area contributed by atoms with Crippen LogP contribution in [0.1, 0.15) is 34.2 Å². The number of esters is 1. The lowest BCUT2D eigenvalue weighted by Gasteiger charge is -2.30. The van der Waals surface area contributed by atoms with Crippen LogP contribution in [0.4, 0.5) is 0 Å². The molecule has 2 fully saturated rings. The van der Waals surface area contributed by atoms with E-state index in [2.05, 4.69) is 0 Å². The van der Waals surface area contributed by atoms with E-state index < -0.39 is 22.1 Å². The van der Waals surface area contributed by atoms with Gasteiger partial charge in [-0.3, -0.25) is 4.79 Å². The third-order valence-corrected chi connectivity index (χ3v) is 8.34. The van der Waals surface area contributed by atoms with E-state index in [1.54, 1.807) is 34.5 Å². The molecule has 2 aromatic rings. The fraction of sp³-hybridized carbons (Fsp3) is 0.429. The molecule has 1 atom stereocenters. The molecule has 166 valence electrons. The Labute approximate surface area is 185 Å². The highest BCUT2D eigenvalue weighted by atomic mass is 32.2. The third kappa shape index (κ3) is 4.67. The van der Waals surface area contributed by atoms with Gasteiger partial charge in [0.05, 0.1) is 13.2 Å². The van der Waals surface area contributed by atoms with E-state index in [1.807, 2.05) is 6.07 Å².